The Balaban J connectivity index is 2.76. The molecule has 1 aromatic rings. The number of rotatable bonds is 4. The summed E-state index contributed by atoms with van der Waals surface area (Å²) in [6.45, 7) is 8.16. The van der Waals surface area contributed by atoms with Gasteiger partial charge in [-0.1, -0.05) is 0 Å². The number of hydrogen-bond donors (Lipinski definition) is 1. The average Bonchev–Trinajstić information content (AvgIpc) is 2.63. The van der Waals surface area contributed by atoms with Gasteiger partial charge in [0.2, 0.25) is 5.91 Å². The predicted molar refractivity (Wildman–Crippen MR) is 89.2 cm³/mol. The van der Waals surface area contributed by atoms with E-state index in [0.717, 1.165) is 8.26 Å². The van der Waals surface area contributed by atoms with Gasteiger partial charge < -0.3 is 10.2 Å². The van der Waals surface area contributed by atoms with E-state index in [2.05, 4.69) is 37.2 Å². The lowest BCUT2D eigenvalue weighted by molar-refractivity contribution is -0.123. The van der Waals surface area contributed by atoms with Gasteiger partial charge in [-0.2, -0.15) is 0 Å². The molecule has 0 spiro atoms. The van der Waals surface area contributed by atoms with Gasteiger partial charge in [-0.15, -0.1) is 11.3 Å². The zero-order valence-electron chi connectivity index (χ0n) is 11.9. The number of nitrogens with one attached hydrogen (secondary N) is 1. The molecule has 0 bridgehead atoms. The smallest absolute Gasteiger partial charge is 0.264 e. The van der Waals surface area contributed by atoms with Crippen LogP contribution in [0.5, 0.6) is 0 Å². The van der Waals surface area contributed by atoms with Crippen molar-refractivity contribution < 1.29 is 9.59 Å². The molecule has 0 aliphatic heterocycles. The fraction of sp³-hybridized carbons (Fsp3) is 0.538. The first-order valence-corrected chi connectivity index (χ1v) is 8.59. The molecule has 0 atom stereocenters. The van der Waals surface area contributed by atoms with Crippen LogP contribution < -0.4 is 5.32 Å². The van der Waals surface area contributed by atoms with E-state index in [1.165, 1.54) is 16.2 Å². The zero-order chi connectivity index (χ0) is 15.5. The Hall–Kier alpha value is -0.400. The van der Waals surface area contributed by atoms with E-state index in [1.807, 2.05) is 27.7 Å². The third-order valence-corrected chi connectivity index (χ3v) is 5.62. The summed E-state index contributed by atoms with van der Waals surface area (Å²) in [4.78, 5) is 26.4. The van der Waals surface area contributed by atoms with Crippen LogP contribution in [0.25, 0.3) is 0 Å². The molecule has 1 aromatic heterocycles. The van der Waals surface area contributed by atoms with Crippen LogP contribution in [0.4, 0.5) is 0 Å². The van der Waals surface area contributed by atoms with E-state index in [0.29, 0.717) is 11.4 Å². The number of amides is 2. The summed E-state index contributed by atoms with van der Waals surface area (Å²) in [5.74, 6) is -0.282. The second-order valence-electron chi connectivity index (χ2n) is 5.35. The minimum absolute atomic E-state index is 0.0692. The molecule has 20 heavy (non-hydrogen) atoms. The second kappa shape index (κ2) is 7.04. The van der Waals surface area contributed by atoms with Crippen LogP contribution in [0.1, 0.15) is 37.4 Å². The third kappa shape index (κ3) is 5.18. The summed E-state index contributed by atoms with van der Waals surface area (Å²) in [6, 6.07) is 1.77. The molecule has 1 heterocycles. The Bertz CT molecular complexity index is 489. The second-order valence-corrected chi connectivity index (χ2v) is 8.57. The maximum atomic E-state index is 12.4. The van der Waals surface area contributed by atoms with Crippen LogP contribution in [0, 0.1) is 0 Å². The fourth-order valence-electron chi connectivity index (χ4n) is 1.57. The van der Waals surface area contributed by atoms with Crippen LogP contribution in [0.2, 0.25) is 0 Å². The average molecular weight is 426 g/mol. The highest BCUT2D eigenvalue weighted by Gasteiger charge is 2.22. The molecule has 0 saturated heterocycles. The summed E-state index contributed by atoms with van der Waals surface area (Å²) in [7, 11) is 0. The van der Waals surface area contributed by atoms with Crippen molar-refractivity contribution in [3.63, 3.8) is 0 Å². The van der Waals surface area contributed by atoms with Crippen molar-refractivity contribution in [2.24, 2.45) is 0 Å². The molecule has 0 aliphatic rings. The Labute approximate surface area is 140 Å². The lowest BCUT2D eigenvalue weighted by Crippen LogP contribution is -2.47. The number of hydrogen-bond acceptors (Lipinski definition) is 3. The van der Waals surface area contributed by atoms with E-state index in [1.54, 1.807) is 6.07 Å². The first-order chi connectivity index (χ1) is 9.14. The molecular formula is C13H18Br2N2O2S. The van der Waals surface area contributed by atoms with Crippen molar-refractivity contribution in [3.05, 3.63) is 19.2 Å². The normalized spacial score (nSPS) is 11.3. The van der Waals surface area contributed by atoms with Gasteiger partial charge in [-0.05, 0) is 65.6 Å². The first kappa shape index (κ1) is 17.7. The topological polar surface area (TPSA) is 49.4 Å². The number of carbonyl (C=O) groups is 2. The number of likely N-dealkylation sites (N-methyl/N-ethyl adjacent to an activating group) is 1. The third-order valence-electron chi connectivity index (χ3n) is 2.37. The van der Waals surface area contributed by atoms with Crippen molar-refractivity contribution >= 4 is 55.0 Å². The maximum absolute atomic E-state index is 12.4. The van der Waals surface area contributed by atoms with E-state index in [4.69, 9.17) is 0 Å². The number of thiophene rings is 1. The van der Waals surface area contributed by atoms with Gasteiger partial charge in [0.05, 0.1) is 15.2 Å². The lowest BCUT2D eigenvalue weighted by atomic mass is 10.1. The van der Waals surface area contributed by atoms with Crippen molar-refractivity contribution in [2.75, 3.05) is 13.1 Å². The Morgan fingerprint density at radius 3 is 2.35 bits per heavy atom. The minimum atomic E-state index is -0.297. The van der Waals surface area contributed by atoms with Gasteiger partial charge in [0.25, 0.3) is 5.91 Å². The summed E-state index contributed by atoms with van der Waals surface area (Å²) in [5.41, 5.74) is -0.297. The van der Waals surface area contributed by atoms with E-state index in [9.17, 15) is 9.59 Å². The van der Waals surface area contributed by atoms with Gasteiger partial charge >= 0.3 is 0 Å². The highest BCUT2D eigenvalue weighted by molar-refractivity contribution is 9.13. The van der Waals surface area contributed by atoms with Crippen LogP contribution in [-0.2, 0) is 4.79 Å². The maximum Gasteiger partial charge on any atom is 0.264 e. The van der Waals surface area contributed by atoms with E-state index >= 15 is 0 Å². The SMILES string of the molecule is CCN(CC(=O)NC(C)(C)C)C(=O)c1cc(Br)c(Br)s1. The van der Waals surface area contributed by atoms with Gasteiger partial charge in [-0.3, -0.25) is 9.59 Å². The first-order valence-electron chi connectivity index (χ1n) is 6.19. The highest BCUT2D eigenvalue weighted by Crippen LogP contribution is 2.32. The van der Waals surface area contributed by atoms with Crippen molar-refractivity contribution in [2.45, 2.75) is 33.2 Å². The Kier molecular flexibility index (Phi) is 6.22. The molecule has 0 fully saturated rings. The monoisotopic (exact) mass is 424 g/mol. The van der Waals surface area contributed by atoms with Crippen molar-refractivity contribution in [1.82, 2.24) is 10.2 Å². The van der Waals surface area contributed by atoms with Gasteiger partial charge in [-0.25, -0.2) is 0 Å². The van der Waals surface area contributed by atoms with E-state index < -0.39 is 0 Å². The molecule has 7 heteroatoms. The van der Waals surface area contributed by atoms with Gasteiger partial charge in [0.1, 0.15) is 0 Å². The molecule has 0 unspecified atom stereocenters. The van der Waals surface area contributed by atoms with Gasteiger partial charge in [0, 0.05) is 16.6 Å². The molecule has 4 nitrogen and oxygen atoms in total. The van der Waals surface area contributed by atoms with Crippen molar-refractivity contribution in [1.29, 1.82) is 0 Å². The summed E-state index contributed by atoms with van der Waals surface area (Å²) in [5, 5.41) is 2.86. The van der Waals surface area contributed by atoms with Crippen LogP contribution >= 0.6 is 43.2 Å². The molecule has 0 saturated carbocycles. The molecule has 112 valence electrons. The number of carbonyl (C=O) groups excluding carboxylic acids is 2. The predicted octanol–water partition coefficient (Wildman–Crippen LogP) is 3.65. The summed E-state index contributed by atoms with van der Waals surface area (Å²) < 4.78 is 1.72. The summed E-state index contributed by atoms with van der Waals surface area (Å²) in [6.07, 6.45) is 0. The number of nitrogens with zero attached hydrogens (tertiary/aromatic N) is 1. The number of halogens is 2. The Morgan fingerprint density at radius 1 is 1.35 bits per heavy atom. The highest BCUT2D eigenvalue weighted by atomic mass is 79.9. The van der Waals surface area contributed by atoms with Crippen LogP contribution in [0.15, 0.2) is 14.3 Å². The quantitative estimate of drug-likeness (QED) is 0.800. The molecule has 2 amide bonds. The van der Waals surface area contributed by atoms with E-state index in [-0.39, 0.29) is 23.9 Å². The van der Waals surface area contributed by atoms with Gasteiger partial charge in [0.15, 0.2) is 0 Å². The standard InChI is InChI=1S/C13H18Br2N2O2S/c1-5-17(7-10(18)16-13(2,3)4)12(19)9-6-8(14)11(15)20-9/h6H,5,7H2,1-4H3,(H,16,18). The van der Waals surface area contributed by atoms with Crippen LogP contribution in [0.3, 0.4) is 0 Å². The lowest BCUT2D eigenvalue weighted by Gasteiger charge is -2.24. The minimum Gasteiger partial charge on any atom is -0.350 e. The molecule has 1 N–H and O–H groups in total. The molecule has 0 aromatic carbocycles. The molecular weight excluding hydrogens is 408 g/mol. The largest absolute Gasteiger partial charge is 0.350 e. The molecule has 0 radical (unpaired) electrons. The summed E-state index contributed by atoms with van der Waals surface area (Å²) >= 11 is 8.08. The molecule has 1 rings (SSSR count). The van der Waals surface area contributed by atoms with Crippen LogP contribution in [-0.4, -0.2) is 35.3 Å². The fourth-order valence-corrected chi connectivity index (χ4v) is 3.57. The Morgan fingerprint density at radius 2 is 1.95 bits per heavy atom. The molecule has 0 aliphatic carbocycles. The zero-order valence-corrected chi connectivity index (χ0v) is 15.9. The van der Waals surface area contributed by atoms with Crippen molar-refractivity contribution in [3.8, 4) is 0 Å².